The zero-order chi connectivity index (χ0) is 5.21. The van der Waals surface area contributed by atoms with Crippen LogP contribution in [0.5, 0.6) is 0 Å². The molecule has 0 bridgehead atoms. The number of hydrogen-bond acceptors (Lipinski definition) is 0. The molecule has 24 valence electrons. The zero-order valence-corrected chi connectivity index (χ0v) is 2.92. The van der Waals surface area contributed by atoms with E-state index < -0.39 is 5.83 Å². The van der Waals surface area contributed by atoms with E-state index in [0.717, 1.165) is 6.08 Å². The molecule has 0 aliphatic heterocycles. The van der Waals surface area contributed by atoms with Gasteiger partial charge in [0.2, 0.25) is 0 Å². The second-order valence-electron chi connectivity index (χ2n) is 0.313. The Hall–Kier alpha value is 0.0300. The van der Waals surface area contributed by atoms with Crippen LogP contribution in [-0.2, 0) is 0 Å². The molecule has 0 aromatic heterocycles. The normalized spacial score (nSPS) is 17.2. The van der Waals surface area contributed by atoms with Crippen molar-refractivity contribution in [3.63, 3.8) is 0 Å². The number of alkyl halides is 1. The monoisotopic (exact) mass is 78.0 g/mol. The molecule has 0 radical (unpaired) electrons. The lowest BCUT2D eigenvalue weighted by Gasteiger charge is -1.55. The molecule has 0 saturated heterocycles. The lowest BCUT2D eigenvalue weighted by Crippen LogP contribution is -1.45. The van der Waals surface area contributed by atoms with Crippen molar-refractivity contribution in [2.75, 3.05) is 5.83 Å². The van der Waals surface area contributed by atoms with Crippen molar-refractivity contribution in [2.24, 2.45) is 0 Å². The van der Waals surface area contributed by atoms with Gasteiger partial charge in [-0.05, 0) is 0 Å². The maximum Gasteiger partial charge on any atom is 0.0479 e. The third kappa shape index (κ3) is 2.03. The van der Waals surface area contributed by atoms with Gasteiger partial charge < -0.3 is 0 Å². The van der Waals surface area contributed by atoms with Crippen LogP contribution in [0.4, 0.5) is 0 Å². The first-order valence-corrected chi connectivity index (χ1v) is 1.26. The second kappa shape index (κ2) is 3.03. The van der Waals surface area contributed by atoms with Crippen LogP contribution >= 0.6 is 11.6 Å². The van der Waals surface area contributed by atoms with Crippen LogP contribution in [-0.4, -0.2) is 5.83 Å². The molecule has 0 heterocycles. The van der Waals surface area contributed by atoms with Gasteiger partial charge in [0.15, 0.2) is 0 Å². The molecule has 0 aromatic rings. The molecule has 0 saturated carbocycles. The number of rotatable bonds is 1. The van der Waals surface area contributed by atoms with Crippen molar-refractivity contribution < 1.29 is 2.74 Å². The standard InChI is InChI=1S/C3H5Cl/c1-2-3-4/h2H,1,3H2/i3D2. The highest BCUT2D eigenvalue weighted by atomic mass is 35.5. The summed E-state index contributed by atoms with van der Waals surface area (Å²) in [4.78, 5) is 0. The van der Waals surface area contributed by atoms with Gasteiger partial charge in [0, 0.05) is 8.57 Å². The average Bonchev–Trinajstić information content (AvgIpc) is 1.35. The Balaban J connectivity index is 3.45. The Morgan fingerprint density at radius 3 is 2.75 bits per heavy atom. The Bertz CT molecular complexity index is 54.3. The van der Waals surface area contributed by atoms with Crippen LogP contribution in [0.1, 0.15) is 2.74 Å². The first-order valence-electron chi connectivity index (χ1n) is 1.89. The van der Waals surface area contributed by atoms with E-state index in [1.54, 1.807) is 0 Å². The first kappa shape index (κ1) is 1.46. The molecule has 1 heteroatoms. The second-order valence-corrected chi connectivity index (χ2v) is 0.531. The van der Waals surface area contributed by atoms with Gasteiger partial charge in [0.25, 0.3) is 0 Å². The van der Waals surface area contributed by atoms with Gasteiger partial charge in [-0.1, -0.05) is 6.08 Å². The summed E-state index contributed by atoms with van der Waals surface area (Å²) in [6, 6.07) is 0. The molecule has 0 aliphatic rings. The summed E-state index contributed by atoms with van der Waals surface area (Å²) < 4.78 is 13.0. The van der Waals surface area contributed by atoms with E-state index >= 15 is 0 Å². The molecule has 0 nitrogen and oxygen atoms in total. The molecule has 0 N–H and O–H groups in total. The summed E-state index contributed by atoms with van der Waals surface area (Å²) in [5.74, 6) is -1.72. The fraction of sp³-hybridized carbons (Fsp3) is 0.333. The van der Waals surface area contributed by atoms with Crippen molar-refractivity contribution in [3.05, 3.63) is 12.7 Å². The third-order valence-electron chi connectivity index (χ3n) is 0.0772. The Morgan fingerprint density at radius 2 is 2.75 bits per heavy atom. The Morgan fingerprint density at radius 1 is 2.50 bits per heavy atom. The van der Waals surface area contributed by atoms with Crippen molar-refractivity contribution in [1.82, 2.24) is 0 Å². The van der Waals surface area contributed by atoms with E-state index in [1.807, 2.05) is 0 Å². The molecule has 0 rings (SSSR count). The lowest BCUT2D eigenvalue weighted by molar-refractivity contribution is 1.80. The number of halogens is 1. The lowest BCUT2D eigenvalue weighted by atomic mass is 10.8. The Kier molecular flexibility index (Phi) is 1.11. The molecule has 0 amide bonds. The van der Waals surface area contributed by atoms with Gasteiger partial charge in [-0.3, -0.25) is 0 Å². The molecule has 0 aromatic carbocycles. The fourth-order valence-electron chi connectivity index (χ4n) is 0. The van der Waals surface area contributed by atoms with Gasteiger partial charge in [0.1, 0.15) is 0 Å². The Labute approximate surface area is 33.9 Å². The summed E-state index contributed by atoms with van der Waals surface area (Å²) in [6.45, 7) is 3.12. The molecule has 0 atom stereocenters. The highest BCUT2D eigenvalue weighted by Crippen LogP contribution is 1.67. The maximum absolute atomic E-state index is 6.49. The summed E-state index contributed by atoms with van der Waals surface area (Å²) in [5.41, 5.74) is 0. The van der Waals surface area contributed by atoms with Crippen LogP contribution in [0.15, 0.2) is 12.7 Å². The van der Waals surface area contributed by atoms with E-state index in [-0.39, 0.29) is 0 Å². The average molecular weight is 78.5 g/mol. The molecule has 0 aliphatic carbocycles. The predicted octanol–water partition coefficient (Wildman–Crippen LogP) is 1.41. The van der Waals surface area contributed by atoms with Gasteiger partial charge in [0.05, 0.1) is 0 Å². The minimum absolute atomic E-state index is 1.04. The molecule has 0 fully saturated rings. The maximum atomic E-state index is 6.49. The van der Waals surface area contributed by atoms with Gasteiger partial charge in [-0.2, -0.15) is 0 Å². The van der Waals surface area contributed by atoms with Crippen LogP contribution < -0.4 is 0 Å². The smallest absolute Gasteiger partial charge is 0.0479 e. The fourth-order valence-corrected chi connectivity index (χ4v) is 0. The van der Waals surface area contributed by atoms with E-state index in [9.17, 15) is 0 Å². The van der Waals surface area contributed by atoms with E-state index in [0.29, 0.717) is 0 Å². The topological polar surface area (TPSA) is 0 Å². The highest BCUT2D eigenvalue weighted by Gasteiger charge is 1.48. The summed E-state index contributed by atoms with van der Waals surface area (Å²) >= 11 is 4.93. The largest absolute Gasteiger partial charge is 0.122 e. The predicted molar refractivity (Wildman–Crippen MR) is 20.9 cm³/mol. The van der Waals surface area contributed by atoms with Crippen molar-refractivity contribution in [1.29, 1.82) is 0 Å². The molecular formula is C3H5Cl. The van der Waals surface area contributed by atoms with E-state index in [2.05, 4.69) is 6.58 Å². The highest BCUT2D eigenvalue weighted by molar-refractivity contribution is 6.18. The van der Waals surface area contributed by atoms with E-state index in [1.165, 1.54) is 0 Å². The van der Waals surface area contributed by atoms with Gasteiger partial charge >= 0.3 is 0 Å². The van der Waals surface area contributed by atoms with Crippen molar-refractivity contribution in [2.45, 2.75) is 0 Å². The van der Waals surface area contributed by atoms with Gasteiger partial charge in [-0.25, -0.2) is 0 Å². The quantitative estimate of drug-likeness (QED) is 0.329. The van der Waals surface area contributed by atoms with Crippen LogP contribution in [0.2, 0.25) is 0 Å². The molecule has 0 spiro atoms. The molecular weight excluding hydrogens is 71.5 g/mol. The minimum atomic E-state index is -1.72. The van der Waals surface area contributed by atoms with Crippen LogP contribution in [0, 0.1) is 0 Å². The van der Waals surface area contributed by atoms with Crippen molar-refractivity contribution >= 4 is 11.6 Å². The summed E-state index contributed by atoms with van der Waals surface area (Å²) in [5, 5.41) is 0. The number of allylic oxidation sites excluding steroid dienone is 1. The van der Waals surface area contributed by atoms with Crippen molar-refractivity contribution in [3.8, 4) is 0 Å². The third-order valence-corrected chi connectivity index (χ3v) is 0.231. The minimum Gasteiger partial charge on any atom is -0.122 e. The van der Waals surface area contributed by atoms with E-state index in [4.69, 9.17) is 14.3 Å². The number of hydrogen-bond donors (Lipinski definition) is 0. The van der Waals surface area contributed by atoms with Gasteiger partial charge in [-0.15, -0.1) is 18.2 Å². The molecule has 0 unspecified atom stereocenters. The first-order chi connectivity index (χ1) is 2.56. The van der Waals surface area contributed by atoms with Crippen LogP contribution in [0.3, 0.4) is 0 Å². The van der Waals surface area contributed by atoms with Crippen LogP contribution in [0.25, 0.3) is 0 Å². The summed E-state index contributed by atoms with van der Waals surface area (Å²) in [7, 11) is 0. The summed E-state index contributed by atoms with van der Waals surface area (Å²) in [6.07, 6.45) is 1.04. The SMILES string of the molecule is [2H]C([2H])(Cl)C=C. The molecule has 4 heavy (non-hydrogen) atoms. The zero-order valence-electron chi connectivity index (χ0n) is 4.16.